The van der Waals surface area contributed by atoms with Crippen LogP contribution in [0.1, 0.15) is 38.8 Å². The molecule has 5 rings (SSSR count). The summed E-state index contributed by atoms with van der Waals surface area (Å²) in [6, 6.07) is 24.4. The fourth-order valence-electron chi connectivity index (χ4n) is 4.90. The molecule has 0 saturated carbocycles. The highest BCUT2D eigenvalue weighted by Crippen LogP contribution is 2.43. The molecule has 0 aliphatic carbocycles. The third kappa shape index (κ3) is 4.05. The average molecular weight is 467 g/mol. The summed E-state index contributed by atoms with van der Waals surface area (Å²) in [6.45, 7) is 1.84. The standard InChI is InChI=1S/C28H26N4O3/c1-18-26(22-14-8-9-15-23(22)31(18)2)27-20-12-6-7-13-21(20)28(35)32(27)17-25(34)30-29-24(33)16-19-10-4-3-5-11-19/h3-15,27H,16-17H2,1-2H3,(H,29,33)(H,30,34)/t27-/m1/s1. The molecule has 1 atom stereocenters. The Morgan fingerprint density at radius 1 is 0.857 bits per heavy atom. The third-order valence-corrected chi connectivity index (χ3v) is 6.64. The maximum Gasteiger partial charge on any atom is 0.258 e. The van der Waals surface area contributed by atoms with Crippen LogP contribution >= 0.6 is 0 Å². The zero-order valence-corrected chi connectivity index (χ0v) is 19.6. The molecule has 35 heavy (non-hydrogen) atoms. The number of hydrogen-bond acceptors (Lipinski definition) is 3. The quantitative estimate of drug-likeness (QED) is 0.442. The monoisotopic (exact) mass is 466 g/mol. The van der Waals surface area contributed by atoms with E-state index in [1.54, 1.807) is 11.0 Å². The van der Waals surface area contributed by atoms with Crippen LogP contribution in [0.15, 0.2) is 78.9 Å². The van der Waals surface area contributed by atoms with Gasteiger partial charge in [0.05, 0.1) is 12.5 Å². The molecule has 0 fully saturated rings. The number of aromatic nitrogens is 1. The van der Waals surface area contributed by atoms with E-state index in [0.29, 0.717) is 5.56 Å². The molecule has 0 saturated heterocycles. The molecule has 0 spiro atoms. The fourth-order valence-corrected chi connectivity index (χ4v) is 4.90. The molecule has 3 aromatic carbocycles. The summed E-state index contributed by atoms with van der Waals surface area (Å²) < 4.78 is 2.11. The highest BCUT2D eigenvalue weighted by molar-refractivity contribution is 6.03. The maximum atomic E-state index is 13.4. The first-order valence-corrected chi connectivity index (χ1v) is 11.5. The van der Waals surface area contributed by atoms with E-state index in [-0.39, 0.29) is 24.8 Å². The minimum absolute atomic E-state index is 0.146. The van der Waals surface area contributed by atoms with E-state index in [0.717, 1.165) is 33.3 Å². The number of aryl methyl sites for hydroxylation is 1. The largest absolute Gasteiger partial charge is 0.348 e. The van der Waals surface area contributed by atoms with E-state index in [1.165, 1.54) is 0 Å². The molecule has 4 aromatic rings. The van der Waals surface area contributed by atoms with Crippen molar-refractivity contribution in [2.75, 3.05) is 6.54 Å². The van der Waals surface area contributed by atoms with E-state index in [2.05, 4.69) is 15.4 Å². The van der Waals surface area contributed by atoms with Crippen LogP contribution in [0.25, 0.3) is 10.9 Å². The van der Waals surface area contributed by atoms with Gasteiger partial charge in [-0.3, -0.25) is 25.2 Å². The molecule has 2 N–H and O–H groups in total. The SMILES string of the molecule is Cc1c([C@H]2c3ccccc3C(=O)N2CC(=O)NNC(=O)Cc2ccccc2)c2ccccc2n1C. The Bertz CT molecular complexity index is 1440. The predicted molar refractivity (Wildman–Crippen MR) is 133 cm³/mol. The second-order valence-corrected chi connectivity index (χ2v) is 8.76. The van der Waals surface area contributed by atoms with Crippen molar-refractivity contribution in [3.05, 3.63) is 107 Å². The highest BCUT2D eigenvalue weighted by atomic mass is 16.2. The van der Waals surface area contributed by atoms with Crippen molar-refractivity contribution in [3.8, 4) is 0 Å². The molecule has 1 aliphatic rings. The maximum absolute atomic E-state index is 13.4. The van der Waals surface area contributed by atoms with Crippen molar-refractivity contribution >= 4 is 28.6 Å². The van der Waals surface area contributed by atoms with Gasteiger partial charge in [-0.05, 0) is 30.2 Å². The number of para-hydroxylation sites is 1. The van der Waals surface area contributed by atoms with Crippen LogP contribution in [0.2, 0.25) is 0 Å². The molecule has 7 nitrogen and oxygen atoms in total. The van der Waals surface area contributed by atoms with Crippen molar-refractivity contribution in [2.45, 2.75) is 19.4 Å². The van der Waals surface area contributed by atoms with Crippen molar-refractivity contribution < 1.29 is 14.4 Å². The van der Waals surface area contributed by atoms with Crippen LogP contribution in [0.3, 0.4) is 0 Å². The number of rotatable bonds is 5. The Hall–Kier alpha value is -4.39. The van der Waals surface area contributed by atoms with Gasteiger partial charge in [-0.15, -0.1) is 0 Å². The molecule has 7 heteroatoms. The summed E-state index contributed by atoms with van der Waals surface area (Å²) in [5, 5.41) is 1.04. The molecule has 176 valence electrons. The number of carbonyl (C=O) groups is 3. The molecule has 3 amide bonds. The number of carbonyl (C=O) groups excluding carboxylic acids is 3. The lowest BCUT2D eigenvalue weighted by Crippen LogP contribution is -2.47. The summed E-state index contributed by atoms with van der Waals surface area (Å²) in [6.07, 6.45) is 0.146. The zero-order valence-electron chi connectivity index (χ0n) is 19.6. The first kappa shape index (κ1) is 22.4. The summed E-state index contributed by atoms with van der Waals surface area (Å²) in [4.78, 5) is 40.1. The lowest BCUT2D eigenvalue weighted by atomic mass is 9.95. The van der Waals surface area contributed by atoms with Gasteiger partial charge in [0, 0.05) is 34.8 Å². The normalized spacial score (nSPS) is 14.7. The van der Waals surface area contributed by atoms with Gasteiger partial charge in [-0.25, -0.2) is 0 Å². The van der Waals surface area contributed by atoms with Gasteiger partial charge < -0.3 is 9.47 Å². The van der Waals surface area contributed by atoms with Crippen LogP contribution in [0, 0.1) is 6.92 Å². The van der Waals surface area contributed by atoms with E-state index in [1.807, 2.05) is 86.8 Å². The van der Waals surface area contributed by atoms with Crippen LogP contribution in [-0.4, -0.2) is 33.7 Å². The van der Waals surface area contributed by atoms with Gasteiger partial charge in [0.25, 0.3) is 11.8 Å². The fraction of sp³-hybridized carbons (Fsp3) is 0.179. The lowest BCUT2D eigenvalue weighted by molar-refractivity contribution is -0.129. The molecule has 0 radical (unpaired) electrons. The van der Waals surface area contributed by atoms with Crippen molar-refractivity contribution in [2.24, 2.45) is 7.05 Å². The van der Waals surface area contributed by atoms with E-state index in [4.69, 9.17) is 0 Å². The van der Waals surface area contributed by atoms with Crippen LogP contribution in [0.4, 0.5) is 0 Å². The molecular weight excluding hydrogens is 440 g/mol. The highest BCUT2D eigenvalue weighted by Gasteiger charge is 2.40. The van der Waals surface area contributed by atoms with Crippen molar-refractivity contribution in [1.82, 2.24) is 20.3 Å². The second kappa shape index (κ2) is 9.10. The molecule has 0 bridgehead atoms. The van der Waals surface area contributed by atoms with Gasteiger partial charge in [-0.1, -0.05) is 66.7 Å². The molecule has 0 unspecified atom stereocenters. The van der Waals surface area contributed by atoms with Gasteiger partial charge in [-0.2, -0.15) is 0 Å². The van der Waals surface area contributed by atoms with Gasteiger partial charge >= 0.3 is 0 Å². The van der Waals surface area contributed by atoms with Gasteiger partial charge in [0.15, 0.2) is 0 Å². The second-order valence-electron chi connectivity index (χ2n) is 8.76. The zero-order chi connectivity index (χ0) is 24.5. The number of amides is 3. The Morgan fingerprint density at radius 3 is 2.31 bits per heavy atom. The molecular formula is C28H26N4O3. The average Bonchev–Trinajstić information content (AvgIpc) is 3.28. The minimum Gasteiger partial charge on any atom is -0.348 e. The van der Waals surface area contributed by atoms with Crippen LogP contribution in [-0.2, 0) is 23.1 Å². The molecule has 1 aliphatic heterocycles. The summed E-state index contributed by atoms with van der Waals surface area (Å²) in [7, 11) is 2.00. The van der Waals surface area contributed by atoms with Gasteiger partial charge in [0.2, 0.25) is 5.91 Å². The lowest BCUT2D eigenvalue weighted by Gasteiger charge is -2.26. The predicted octanol–water partition coefficient (Wildman–Crippen LogP) is 3.42. The van der Waals surface area contributed by atoms with Crippen LogP contribution in [0.5, 0.6) is 0 Å². The summed E-state index contributed by atoms with van der Waals surface area (Å²) in [5.41, 5.74) is 10.3. The Balaban J connectivity index is 1.40. The van der Waals surface area contributed by atoms with Gasteiger partial charge in [0.1, 0.15) is 6.54 Å². The number of benzene rings is 3. The minimum atomic E-state index is -0.463. The molecule has 1 aromatic heterocycles. The van der Waals surface area contributed by atoms with E-state index >= 15 is 0 Å². The number of hydrogen-bond donors (Lipinski definition) is 2. The van der Waals surface area contributed by atoms with Crippen LogP contribution < -0.4 is 10.9 Å². The van der Waals surface area contributed by atoms with E-state index < -0.39 is 11.9 Å². The Labute approximate surface area is 203 Å². The Kier molecular flexibility index (Phi) is 5.82. The topological polar surface area (TPSA) is 83.4 Å². The summed E-state index contributed by atoms with van der Waals surface area (Å²) >= 11 is 0. The number of nitrogens with zero attached hydrogens (tertiary/aromatic N) is 2. The number of fused-ring (bicyclic) bond motifs is 2. The first-order chi connectivity index (χ1) is 17.0. The first-order valence-electron chi connectivity index (χ1n) is 11.5. The summed E-state index contributed by atoms with van der Waals surface area (Å²) in [5.74, 6) is -0.999. The Morgan fingerprint density at radius 2 is 1.51 bits per heavy atom. The number of hydrazine groups is 1. The smallest absolute Gasteiger partial charge is 0.258 e. The van der Waals surface area contributed by atoms with Crippen molar-refractivity contribution in [1.29, 1.82) is 0 Å². The van der Waals surface area contributed by atoms with E-state index in [9.17, 15) is 14.4 Å². The van der Waals surface area contributed by atoms with Crippen molar-refractivity contribution in [3.63, 3.8) is 0 Å². The molecule has 2 heterocycles. The third-order valence-electron chi connectivity index (χ3n) is 6.64. The number of nitrogens with one attached hydrogen (secondary N) is 2.